The van der Waals surface area contributed by atoms with E-state index in [0.29, 0.717) is 37.1 Å². The zero-order valence-corrected chi connectivity index (χ0v) is 23.9. The van der Waals surface area contributed by atoms with Crippen LogP contribution in [-0.4, -0.2) is 47.3 Å². The number of esters is 1. The lowest BCUT2D eigenvalue weighted by Crippen LogP contribution is -2.58. The van der Waals surface area contributed by atoms with E-state index in [0.717, 1.165) is 51.4 Å². The predicted octanol–water partition coefficient (Wildman–Crippen LogP) is 4.84. The molecule has 0 saturated heterocycles. The third-order valence-electron chi connectivity index (χ3n) is 11.8. The van der Waals surface area contributed by atoms with Gasteiger partial charge in [-0.2, -0.15) is 0 Å². The van der Waals surface area contributed by atoms with Gasteiger partial charge >= 0.3 is 5.97 Å². The predicted molar refractivity (Wildman–Crippen MR) is 146 cm³/mol. The van der Waals surface area contributed by atoms with Gasteiger partial charge in [-0.1, -0.05) is 38.7 Å². The van der Waals surface area contributed by atoms with Gasteiger partial charge in [-0.3, -0.25) is 19.2 Å². The van der Waals surface area contributed by atoms with E-state index in [1.807, 2.05) is 6.08 Å². The molecule has 0 aromatic rings. The highest BCUT2D eigenvalue weighted by Crippen LogP contribution is 2.67. The van der Waals surface area contributed by atoms with E-state index in [4.69, 9.17) is 4.74 Å². The molecule has 4 fully saturated rings. The van der Waals surface area contributed by atoms with Gasteiger partial charge in [-0.15, -0.1) is 0 Å². The van der Waals surface area contributed by atoms with Crippen molar-refractivity contribution in [2.24, 2.45) is 34.5 Å². The molecule has 0 radical (unpaired) electrons. The molecule has 0 spiro atoms. The number of hydrogen-bond donors (Lipinski definition) is 2. The molecule has 0 aromatic heterocycles. The number of allylic oxidation sites excluding steroid dienone is 1. The number of Topliss-reactive ketones (excluding diaryl/α,β-unsaturated/α-hetero) is 1. The van der Waals surface area contributed by atoms with Crippen molar-refractivity contribution in [3.05, 3.63) is 11.6 Å². The fourth-order valence-corrected chi connectivity index (χ4v) is 9.32. The number of aliphatic hydroxyl groups is 1. The molecule has 5 rings (SSSR count). The van der Waals surface area contributed by atoms with Crippen LogP contribution in [0, 0.1) is 34.5 Å². The molecule has 4 saturated carbocycles. The zero-order valence-electron chi connectivity index (χ0n) is 23.9. The average Bonchev–Trinajstić information content (AvgIpc) is 3.21. The molecule has 7 heteroatoms. The second-order valence-corrected chi connectivity index (χ2v) is 13.7. The molecule has 0 aliphatic heterocycles. The topological polar surface area (TPSA) is 110 Å². The molecule has 5 aliphatic carbocycles. The van der Waals surface area contributed by atoms with Crippen LogP contribution < -0.4 is 5.32 Å². The van der Waals surface area contributed by atoms with Crippen LogP contribution >= 0.6 is 0 Å². The number of carbonyl (C=O) groups excluding carboxylic acids is 4. The summed E-state index contributed by atoms with van der Waals surface area (Å²) in [7, 11) is 0. The summed E-state index contributed by atoms with van der Waals surface area (Å²) in [5.74, 6) is 0.774. The van der Waals surface area contributed by atoms with Crippen molar-refractivity contribution in [1.29, 1.82) is 0 Å². The highest BCUT2D eigenvalue weighted by atomic mass is 16.5. The first kappa shape index (κ1) is 28.5. The van der Waals surface area contributed by atoms with Gasteiger partial charge in [0.05, 0.1) is 6.42 Å². The van der Waals surface area contributed by atoms with Gasteiger partial charge in [0.1, 0.15) is 5.60 Å². The van der Waals surface area contributed by atoms with Gasteiger partial charge in [0, 0.05) is 24.8 Å². The van der Waals surface area contributed by atoms with E-state index in [1.165, 1.54) is 24.8 Å². The number of nitrogens with one attached hydrogen (secondary N) is 1. The Bertz CT molecular complexity index is 1030. The van der Waals surface area contributed by atoms with Crippen molar-refractivity contribution in [3.63, 3.8) is 0 Å². The smallest absolute Gasteiger partial charge is 0.306 e. The normalized spacial score (nSPS) is 38.2. The Kier molecular flexibility index (Phi) is 8.11. The molecule has 0 bridgehead atoms. The summed E-state index contributed by atoms with van der Waals surface area (Å²) in [5, 5.41) is 14.7. The van der Waals surface area contributed by atoms with Gasteiger partial charge in [0.25, 0.3) is 0 Å². The molecule has 39 heavy (non-hydrogen) atoms. The van der Waals surface area contributed by atoms with Crippen LogP contribution in [-0.2, 0) is 23.9 Å². The summed E-state index contributed by atoms with van der Waals surface area (Å²) in [5.41, 5.74) is -0.692. The van der Waals surface area contributed by atoms with E-state index in [2.05, 4.69) is 19.2 Å². The molecular formula is C32H47NO6. The lowest BCUT2D eigenvalue weighted by molar-refractivity contribution is -0.170. The molecule has 0 heterocycles. The average molecular weight is 542 g/mol. The second kappa shape index (κ2) is 11.1. The van der Waals surface area contributed by atoms with Crippen LogP contribution in [0.2, 0.25) is 0 Å². The minimum atomic E-state index is -1.50. The maximum atomic E-state index is 13.4. The Morgan fingerprint density at radius 2 is 1.69 bits per heavy atom. The molecule has 5 aliphatic rings. The van der Waals surface area contributed by atoms with Crippen LogP contribution in [0.25, 0.3) is 0 Å². The third kappa shape index (κ3) is 5.25. The molecular weight excluding hydrogens is 494 g/mol. The number of rotatable bonds is 8. The first-order valence-electron chi connectivity index (χ1n) is 15.5. The van der Waals surface area contributed by atoms with Crippen molar-refractivity contribution in [2.45, 2.75) is 116 Å². The number of ether oxygens (including phenoxy) is 1. The summed E-state index contributed by atoms with van der Waals surface area (Å²) in [6, 6.07) is 0. The van der Waals surface area contributed by atoms with E-state index < -0.39 is 29.4 Å². The second-order valence-electron chi connectivity index (χ2n) is 13.7. The maximum Gasteiger partial charge on any atom is 0.306 e. The van der Waals surface area contributed by atoms with Crippen molar-refractivity contribution in [3.8, 4) is 0 Å². The summed E-state index contributed by atoms with van der Waals surface area (Å²) in [4.78, 5) is 50.0. The van der Waals surface area contributed by atoms with Crippen molar-refractivity contribution < 1.29 is 29.0 Å². The Morgan fingerprint density at radius 3 is 2.46 bits per heavy atom. The van der Waals surface area contributed by atoms with Gasteiger partial charge in [0.2, 0.25) is 11.7 Å². The molecule has 0 unspecified atom stereocenters. The van der Waals surface area contributed by atoms with Gasteiger partial charge in [-0.05, 0) is 93.0 Å². The van der Waals surface area contributed by atoms with Crippen LogP contribution in [0.15, 0.2) is 11.6 Å². The van der Waals surface area contributed by atoms with Crippen molar-refractivity contribution in [1.82, 2.24) is 5.32 Å². The molecule has 2 N–H and O–H groups in total. The monoisotopic (exact) mass is 541 g/mol. The Labute approximate surface area is 232 Å². The van der Waals surface area contributed by atoms with Crippen LogP contribution in [0.4, 0.5) is 0 Å². The number of carbonyl (C=O) groups is 4. The zero-order chi connectivity index (χ0) is 27.8. The Balaban J connectivity index is 1.13. The fourth-order valence-electron chi connectivity index (χ4n) is 9.32. The van der Waals surface area contributed by atoms with E-state index >= 15 is 0 Å². The quantitative estimate of drug-likeness (QED) is 0.426. The van der Waals surface area contributed by atoms with E-state index in [1.54, 1.807) is 0 Å². The lowest BCUT2D eigenvalue weighted by Gasteiger charge is -2.58. The number of hydrogen-bond acceptors (Lipinski definition) is 6. The van der Waals surface area contributed by atoms with Gasteiger partial charge in [0.15, 0.2) is 12.4 Å². The molecule has 216 valence electrons. The Hall–Kier alpha value is -2.02. The van der Waals surface area contributed by atoms with Crippen LogP contribution in [0.3, 0.4) is 0 Å². The standard InChI is InChI=1S/C32H47NO6/c1-30-15-12-23(34)18-22(30)8-9-24-25(30)13-16-31(2)26(24)14-17-32(31,38)27(35)20-39-29(37)11-10-28(36)33-19-21-6-4-3-5-7-21/h18,21,24-26,38H,3-17,19-20H2,1-2H3,(H,33,36)/t24-,25-,26+,30+,31+,32+/m1/s1. The number of amides is 1. The van der Waals surface area contributed by atoms with Crippen LogP contribution in [0.5, 0.6) is 0 Å². The van der Waals surface area contributed by atoms with Crippen molar-refractivity contribution >= 4 is 23.4 Å². The third-order valence-corrected chi connectivity index (χ3v) is 11.8. The minimum Gasteiger partial charge on any atom is -0.458 e. The van der Waals surface area contributed by atoms with Crippen molar-refractivity contribution in [2.75, 3.05) is 13.2 Å². The van der Waals surface area contributed by atoms with Gasteiger partial charge < -0.3 is 15.2 Å². The van der Waals surface area contributed by atoms with E-state index in [-0.39, 0.29) is 35.9 Å². The molecule has 6 atom stereocenters. The highest BCUT2D eigenvalue weighted by molar-refractivity contribution is 5.92. The molecule has 1 amide bonds. The summed E-state index contributed by atoms with van der Waals surface area (Å²) in [6.07, 6.45) is 14.2. The summed E-state index contributed by atoms with van der Waals surface area (Å²) >= 11 is 0. The minimum absolute atomic E-state index is 0.0428. The lowest BCUT2D eigenvalue weighted by atomic mass is 9.46. The number of ketones is 2. The molecule has 7 nitrogen and oxygen atoms in total. The fraction of sp³-hybridized carbons (Fsp3) is 0.812. The molecule has 0 aromatic carbocycles. The van der Waals surface area contributed by atoms with Crippen LogP contribution in [0.1, 0.15) is 110 Å². The largest absolute Gasteiger partial charge is 0.458 e. The summed E-state index contributed by atoms with van der Waals surface area (Å²) < 4.78 is 5.29. The van der Waals surface area contributed by atoms with E-state index in [9.17, 15) is 24.3 Å². The number of fused-ring (bicyclic) bond motifs is 5. The highest BCUT2D eigenvalue weighted by Gasteiger charge is 2.66. The maximum absolute atomic E-state index is 13.4. The van der Waals surface area contributed by atoms with Gasteiger partial charge in [-0.25, -0.2) is 0 Å². The SMILES string of the molecule is C[C@]12CCC(=O)C=C1CC[C@@H]1[C@H]2CC[C@@]2(C)[C@H]1CC[C@]2(O)C(=O)COC(=O)CCC(=O)NCC1CCCCC1. The summed E-state index contributed by atoms with van der Waals surface area (Å²) in [6.45, 7) is 4.61. The first-order valence-corrected chi connectivity index (χ1v) is 15.5. The Morgan fingerprint density at radius 1 is 0.949 bits per heavy atom. The first-order chi connectivity index (χ1) is 18.6.